The number of benzene rings is 1. The maximum atomic E-state index is 6.09. The van der Waals surface area contributed by atoms with E-state index in [2.05, 4.69) is 15.6 Å². The van der Waals surface area contributed by atoms with Gasteiger partial charge in [0.1, 0.15) is 0 Å². The van der Waals surface area contributed by atoms with Gasteiger partial charge < -0.3 is 15.0 Å². The van der Waals surface area contributed by atoms with E-state index in [9.17, 15) is 0 Å². The molecule has 1 unspecified atom stereocenters. The van der Waals surface area contributed by atoms with Crippen LogP contribution < -0.4 is 5.73 Å². The van der Waals surface area contributed by atoms with E-state index in [4.69, 9.17) is 10.5 Å². The van der Waals surface area contributed by atoms with Gasteiger partial charge in [0, 0.05) is 26.3 Å². The number of rotatable bonds is 6. The zero-order chi connectivity index (χ0) is 12.1. The van der Waals surface area contributed by atoms with Crippen molar-refractivity contribution < 1.29 is 4.74 Å². The van der Waals surface area contributed by atoms with Gasteiger partial charge in [-0.15, -0.1) is 0 Å². The molecular weight excluding hydrogens is 214 g/mol. The summed E-state index contributed by atoms with van der Waals surface area (Å²) in [6, 6.07) is 8.27. The minimum absolute atomic E-state index is 0.155. The number of nitrogens with zero attached hydrogens (tertiary/aromatic N) is 2. The van der Waals surface area contributed by atoms with Crippen LogP contribution >= 0.6 is 0 Å². The lowest BCUT2D eigenvalue weighted by Gasteiger charge is -2.12. The number of hydrogen-bond acceptors (Lipinski definition) is 3. The van der Waals surface area contributed by atoms with E-state index in [0.29, 0.717) is 0 Å². The Labute approximate surface area is 101 Å². The maximum absolute atomic E-state index is 6.09. The highest BCUT2D eigenvalue weighted by Gasteiger charge is 2.06. The normalized spacial score (nSPS) is 13.1. The van der Waals surface area contributed by atoms with Gasteiger partial charge >= 0.3 is 0 Å². The molecule has 0 spiro atoms. The summed E-state index contributed by atoms with van der Waals surface area (Å²) < 4.78 is 7.14. The van der Waals surface area contributed by atoms with Crippen molar-refractivity contribution in [3.8, 4) is 0 Å². The lowest BCUT2D eigenvalue weighted by atomic mass is 10.1. The van der Waals surface area contributed by atoms with Gasteiger partial charge in [-0.3, -0.25) is 0 Å². The Morgan fingerprint density at radius 1 is 1.41 bits per heavy atom. The molecule has 92 valence electrons. The predicted molar refractivity (Wildman–Crippen MR) is 68.8 cm³/mol. The second kappa shape index (κ2) is 5.80. The van der Waals surface area contributed by atoms with Crippen LogP contribution in [0, 0.1) is 0 Å². The van der Waals surface area contributed by atoms with Crippen LogP contribution in [0.4, 0.5) is 0 Å². The van der Waals surface area contributed by atoms with Crippen molar-refractivity contribution in [1.82, 2.24) is 9.55 Å². The molecule has 4 nitrogen and oxygen atoms in total. The van der Waals surface area contributed by atoms with E-state index in [1.54, 1.807) is 7.11 Å². The van der Waals surface area contributed by atoms with Crippen molar-refractivity contribution in [2.24, 2.45) is 5.73 Å². The van der Waals surface area contributed by atoms with Gasteiger partial charge in [0.15, 0.2) is 0 Å². The van der Waals surface area contributed by atoms with E-state index < -0.39 is 0 Å². The molecule has 0 saturated carbocycles. The van der Waals surface area contributed by atoms with Gasteiger partial charge in [0.2, 0.25) is 0 Å². The third-order valence-electron chi connectivity index (χ3n) is 2.88. The molecule has 0 fully saturated rings. The quantitative estimate of drug-likeness (QED) is 0.774. The molecule has 0 bridgehead atoms. The molecule has 0 radical (unpaired) electrons. The summed E-state index contributed by atoms with van der Waals surface area (Å²) in [6.07, 6.45) is 3.84. The number of aromatic nitrogens is 2. The van der Waals surface area contributed by atoms with Crippen molar-refractivity contribution in [1.29, 1.82) is 0 Å². The Morgan fingerprint density at radius 3 is 3.06 bits per heavy atom. The zero-order valence-corrected chi connectivity index (χ0v) is 10.2. The fraction of sp³-hybridized carbons (Fsp3) is 0.462. The Morgan fingerprint density at radius 2 is 2.24 bits per heavy atom. The summed E-state index contributed by atoms with van der Waals surface area (Å²) in [4.78, 5) is 4.35. The highest BCUT2D eigenvalue weighted by atomic mass is 16.5. The topological polar surface area (TPSA) is 53.1 Å². The first-order valence-electron chi connectivity index (χ1n) is 5.95. The fourth-order valence-electron chi connectivity index (χ4n) is 1.99. The molecular formula is C13H19N3O. The van der Waals surface area contributed by atoms with Gasteiger partial charge in [-0.25, -0.2) is 4.98 Å². The Bertz CT molecular complexity index is 466. The lowest BCUT2D eigenvalue weighted by Crippen LogP contribution is -2.26. The summed E-state index contributed by atoms with van der Waals surface area (Å²) in [5.41, 5.74) is 8.27. The summed E-state index contributed by atoms with van der Waals surface area (Å²) in [5.74, 6) is 0. The largest absolute Gasteiger partial charge is 0.385 e. The first kappa shape index (κ1) is 12.1. The smallest absolute Gasteiger partial charge is 0.0958 e. The molecule has 1 aromatic heterocycles. The number of fused-ring (bicyclic) bond motifs is 1. The van der Waals surface area contributed by atoms with Crippen LogP contribution in [-0.4, -0.2) is 29.3 Å². The van der Waals surface area contributed by atoms with E-state index in [0.717, 1.165) is 37.0 Å². The summed E-state index contributed by atoms with van der Waals surface area (Å²) in [5, 5.41) is 0. The van der Waals surface area contributed by atoms with Crippen LogP contribution in [0.15, 0.2) is 30.6 Å². The minimum atomic E-state index is 0.155. The molecule has 0 amide bonds. The summed E-state index contributed by atoms with van der Waals surface area (Å²) >= 11 is 0. The van der Waals surface area contributed by atoms with Gasteiger partial charge in [0.05, 0.1) is 17.4 Å². The fourth-order valence-corrected chi connectivity index (χ4v) is 1.99. The second-order valence-electron chi connectivity index (χ2n) is 4.28. The first-order valence-corrected chi connectivity index (χ1v) is 5.95. The number of hydrogen-bond donors (Lipinski definition) is 1. The van der Waals surface area contributed by atoms with Crippen molar-refractivity contribution in [2.75, 3.05) is 13.7 Å². The van der Waals surface area contributed by atoms with Crippen LogP contribution in [-0.2, 0) is 11.3 Å². The van der Waals surface area contributed by atoms with Gasteiger partial charge in [-0.1, -0.05) is 12.1 Å². The molecule has 0 aliphatic rings. The zero-order valence-electron chi connectivity index (χ0n) is 10.2. The first-order chi connectivity index (χ1) is 8.31. The minimum Gasteiger partial charge on any atom is -0.385 e. The van der Waals surface area contributed by atoms with E-state index in [1.807, 2.05) is 24.5 Å². The standard InChI is InChI=1S/C13H19N3O/c1-17-8-4-5-11(14)9-16-10-15-12-6-2-3-7-13(12)16/h2-3,6-7,10-11H,4-5,8-9,14H2,1H3. The number of imidazole rings is 1. The van der Waals surface area contributed by atoms with Gasteiger partial charge in [0.25, 0.3) is 0 Å². The molecule has 0 aliphatic carbocycles. The third kappa shape index (κ3) is 3.05. The Hall–Kier alpha value is -1.39. The molecule has 2 rings (SSSR count). The molecule has 17 heavy (non-hydrogen) atoms. The van der Waals surface area contributed by atoms with E-state index in [1.165, 1.54) is 0 Å². The average molecular weight is 233 g/mol. The maximum Gasteiger partial charge on any atom is 0.0958 e. The van der Waals surface area contributed by atoms with Gasteiger partial charge in [-0.2, -0.15) is 0 Å². The molecule has 2 N–H and O–H groups in total. The molecule has 1 atom stereocenters. The predicted octanol–water partition coefficient (Wildman–Crippen LogP) is 1.79. The van der Waals surface area contributed by atoms with Crippen molar-refractivity contribution in [2.45, 2.75) is 25.4 Å². The summed E-state index contributed by atoms with van der Waals surface area (Å²) in [7, 11) is 1.72. The highest BCUT2D eigenvalue weighted by Crippen LogP contribution is 2.12. The molecule has 0 saturated heterocycles. The monoisotopic (exact) mass is 233 g/mol. The van der Waals surface area contributed by atoms with Crippen molar-refractivity contribution in [3.05, 3.63) is 30.6 Å². The highest BCUT2D eigenvalue weighted by molar-refractivity contribution is 5.74. The molecule has 4 heteroatoms. The number of nitrogens with two attached hydrogens (primary N) is 1. The third-order valence-corrected chi connectivity index (χ3v) is 2.88. The average Bonchev–Trinajstić information content (AvgIpc) is 2.73. The number of para-hydroxylation sites is 2. The molecule has 1 heterocycles. The number of methoxy groups -OCH3 is 1. The summed E-state index contributed by atoms with van der Waals surface area (Å²) in [6.45, 7) is 1.59. The van der Waals surface area contributed by atoms with Crippen LogP contribution in [0.5, 0.6) is 0 Å². The molecule has 2 aromatic rings. The second-order valence-corrected chi connectivity index (χ2v) is 4.28. The van der Waals surface area contributed by atoms with Crippen LogP contribution in [0.1, 0.15) is 12.8 Å². The van der Waals surface area contributed by atoms with Crippen LogP contribution in [0.2, 0.25) is 0 Å². The van der Waals surface area contributed by atoms with Crippen molar-refractivity contribution >= 4 is 11.0 Å². The molecule has 0 aliphatic heterocycles. The van der Waals surface area contributed by atoms with E-state index >= 15 is 0 Å². The molecule has 1 aromatic carbocycles. The SMILES string of the molecule is COCCCC(N)Cn1cnc2ccccc21. The van der Waals surface area contributed by atoms with E-state index in [-0.39, 0.29) is 6.04 Å². The van der Waals surface area contributed by atoms with Gasteiger partial charge in [-0.05, 0) is 25.0 Å². The Balaban J connectivity index is 1.98. The number of ether oxygens (including phenoxy) is 1. The van der Waals surface area contributed by atoms with Crippen LogP contribution in [0.25, 0.3) is 11.0 Å². The van der Waals surface area contributed by atoms with Crippen molar-refractivity contribution in [3.63, 3.8) is 0 Å². The lowest BCUT2D eigenvalue weighted by molar-refractivity contribution is 0.189. The Kier molecular flexibility index (Phi) is 4.12. The van der Waals surface area contributed by atoms with Crippen LogP contribution in [0.3, 0.4) is 0 Å².